The van der Waals surface area contributed by atoms with E-state index in [9.17, 15) is 4.79 Å². The number of amides is 1. The Morgan fingerprint density at radius 1 is 1.16 bits per heavy atom. The zero-order chi connectivity index (χ0) is 17.5. The van der Waals surface area contributed by atoms with Crippen molar-refractivity contribution in [3.63, 3.8) is 0 Å². The quantitative estimate of drug-likeness (QED) is 0.813. The molecule has 0 aliphatic carbocycles. The Labute approximate surface area is 148 Å². The molecule has 5 nitrogen and oxygen atoms in total. The molecule has 0 radical (unpaired) electrons. The second-order valence-electron chi connectivity index (χ2n) is 6.08. The van der Waals surface area contributed by atoms with Crippen molar-refractivity contribution in [2.75, 3.05) is 25.6 Å². The number of anilines is 1. The molecule has 1 aliphatic heterocycles. The van der Waals surface area contributed by atoms with Gasteiger partial charge in [0.25, 0.3) is 0 Å². The summed E-state index contributed by atoms with van der Waals surface area (Å²) in [7, 11) is 1.67. The monoisotopic (exact) mass is 340 g/mol. The molecule has 3 rings (SSSR count). The summed E-state index contributed by atoms with van der Waals surface area (Å²) >= 11 is 0. The third kappa shape index (κ3) is 4.59. The van der Waals surface area contributed by atoms with E-state index in [1.165, 1.54) is 5.56 Å². The van der Waals surface area contributed by atoms with Crippen molar-refractivity contribution in [1.29, 1.82) is 0 Å². The van der Waals surface area contributed by atoms with E-state index in [0.717, 1.165) is 35.4 Å². The van der Waals surface area contributed by atoms with Gasteiger partial charge in [-0.05, 0) is 29.2 Å². The predicted octanol–water partition coefficient (Wildman–Crippen LogP) is 2.63. The fourth-order valence-electron chi connectivity index (χ4n) is 3.02. The first kappa shape index (κ1) is 17.5. The molecular weight excluding hydrogens is 316 g/mol. The van der Waals surface area contributed by atoms with E-state index in [1.54, 1.807) is 7.11 Å². The number of ether oxygens (including phenoxy) is 2. The van der Waals surface area contributed by atoms with Gasteiger partial charge in [-0.1, -0.05) is 36.4 Å². The molecule has 0 unspecified atom stereocenters. The second-order valence-corrected chi connectivity index (χ2v) is 6.08. The van der Waals surface area contributed by atoms with E-state index < -0.39 is 0 Å². The first-order valence-corrected chi connectivity index (χ1v) is 8.52. The van der Waals surface area contributed by atoms with Gasteiger partial charge >= 0.3 is 0 Å². The van der Waals surface area contributed by atoms with Crippen LogP contribution in [0.3, 0.4) is 0 Å². The zero-order valence-electron chi connectivity index (χ0n) is 14.5. The van der Waals surface area contributed by atoms with Crippen LogP contribution in [0.1, 0.15) is 22.3 Å². The fraction of sp³-hybridized carbons (Fsp3) is 0.350. The standard InChI is InChI=1S/C20H24N2O3/c1-24-13-17-6-3-2-5-16(17)11-22-20(23)12-21-19-8-4-7-15-9-10-25-14-18(15)19/h2-8,21H,9-14H2,1H3,(H,22,23). The first-order valence-electron chi connectivity index (χ1n) is 8.52. The summed E-state index contributed by atoms with van der Waals surface area (Å²) in [5, 5.41) is 6.19. The molecule has 2 aromatic carbocycles. The zero-order valence-corrected chi connectivity index (χ0v) is 14.5. The first-order chi connectivity index (χ1) is 12.3. The number of hydrogen-bond acceptors (Lipinski definition) is 4. The van der Waals surface area contributed by atoms with Gasteiger partial charge in [0.15, 0.2) is 0 Å². The van der Waals surface area contributed by atoms with Crippen LogP contribution in [-0.2, 0) is 40.4 Å². The van der Waals surface area contributed by atoms with Crippen LogP contribution in [0.5, 0.6) is 0 Å². The van der Waals surface area contributed by atoms with Crippen LogP contribution in [0.4, 0.5) is 5.69 Å². The van der Waals surface area contributed by atoms with E-state index in [4.69, 9.17) is 9.47 Å². The molecule has 0 saturated heterocycles. The lowest BCUT2D eigenvalue weighted by atomic mass is 10.0. The largest absolute Gasteiger partial charge is 0.380 e. The van der Waals surface area contributed by atoms with Crippen LogP contribution in [0.2, 0.25) is 0 Å². The fourth-order valence-corrected chi connectivity index (χ4v) is 3.02. The molecular formula is C20H24N2O3. The summed E-state index contributed by atoms with van der Waals surface area (Å²) in [5.74, 6) is -0.0402. The molecule has 0 spiro atoms. The van der Waals surface area contributed by atoms with Gasteiger partial charge in [-0.2, -0.15) is 0 Å². The van der Waals surface area contributed by atoms with Gasteiger partial charge < -0.3 is 20.1 Å². The molecule has 0 atom stereocenters. The molecule has 1 amide bonds. The molecule has 1 heterocycles. The Morgan fingerprint density at radius 3 is 2.84 bits per heavy atom. The predicted molar refractivity (Wildman–Crippen MR) is 97.3 cm³/mol. The van der Waals surface area contributed by atoms with Crippen LogP contribution in [0.15, 0.2) is 42.5 Å². The minimum absolute atomic E-state index is 0.0402. The van der Waals surface area contributed by atoms with Crippen LogP contribution >= 0.6 is 0 Å². The third-order valence-corrected chi connectivity index (χ3v) is 4.37. The van der Waals surface area contributed by atoms with E-state index in [0.29, 0.717) is 19.8 Å². The number of nitrogens with one attached hydrogen (secondary N) is 2. The number of carbonyl (C=O) groups excluding carboxylic acids is 1. The topological polar surface area (TPSA) is 59.6 Å². The maximum absolute atomic E-state index is 12.2. The lowest BCUT2D eigenvalue weighted by Gasteiger charge is -2.20. The highest BCUT2D eigenvalue weighted by atomic mass is 16.5. The summed E-state index contributed by atoms with van der Waals surface area (Å²) in [6.45, 7) is 2.64. The van der Waals surface area contributed by atoms with E-state index in [2.05, 4.69) is 16.7 Å². The van der Waals surface area contributed by atoms with Crippen molar-refractivity contribution in [3.05, 3.63) is 64.7 Å². The normalized spacial score (nSPS) is 13.2. The lowest BCUT2D eigenvalue weighted by Crippen LogP contribution is -2.30. The van der Waals surface area contributed by atoms with E-state index >= 15 is 0 Å². The Hall–Kier alpha value is -2.37. The van der Waals surface area contributed by atoms with Crippen molar-refractivity contribution >= 4 is 11.6 Å². The Bertz CT molecular complexity index is 731. The van der Waals surface area contributed by atoms with Gasteiger partial charge in [0.05, 0.1) is 26.4 Å². The number of benzene rings is 2. The molecule has 0 saturated carbocycles. The molecule has 5 heteroatoms. The lowest BCUT2D eigenvalue weighted by molar-refractivity contribution is -0.119. The SMILES string of the molecule is COCc1ccccc1CNC(=O)CNc1cccc2c1COCC2. The van der Waals surface area contributed by atoms with Gasteiger partial charge in [0, 0.05) is 24.9 Å². The Kier molecular flexibility index (Phi) is 6.04. The van der Waals surface area contributed by atoms with Crippen molar-refractivity contribution in [1.82, 2.24) is 5.32 Å². The summed E-state index contributed by atoms with van der Waals surface area (Å²) in [5.41, 5.74) is 5.60. The summed E-state index contributed by atoms with van der Waals surface area (Å²) in [6.07, 6.45) is 0.924. The van der Waals surface area contributed by atoms with Crippen LogP contribution < -0.4 is 10.6 Å². The number of carbonyl (C=O) groups is 1. The van der Waals surface area contributed by atoms with Gasteiger partial charge in [-0.3, -0.25) is 4.79 Å². The summed E-state index contributed by atoms with van der Waals surface area (Å²) in [4.78, 5) is 12.2. The summed E-state index contributed by atoms with van der Waals surface area (Å²) < 4.78 is 10.7. The number of rotatable bonds is 7. The van der Waals surface area contributed by atoms with Gasteiger partial charge in [0.2, 0.25) is 5.91 Å². The molecule has 0 fully saturated rings. The van der Waals surface area contributed by atoms with Crippen molar-refractivity contribution in [2.24, 2.45) is 0 Å². The highest BCUT2D eigenvalue weighted by molar-refractivity contribution is 5.81. The molecule has 2 N–H and O–H groups in total. The third-order valence-electron chi connectivity index (χ3n) is 4.37. The van der Waals surface area contributed by atoms with Crippen LogP contribution in [0.25, 0.3) is 0 Å². The second kappa shape index (κ2) is 8.65. The highest BCUT2D eigenvalue weighted by Gasteiger charge is 2.13. The molecule has 2 aromatic rings. The molecule has 25 heavy (non-hydrogen) atoms. The van der Waals surface area contributed by atoms with E-state index in [-0.39, 0.29) is 12.5 Å². The number of fused-ring (bicyclic) bond motifs is 1. The minimum Gasteiger partial charge on any atom is -0.380 e. The Balaban J connectivity index is 1.54. The maximum atomic E-state index is 12.2. The van der Waals surface area contributed by atoms with Crippen LogP contribution in [-0.4, -0.2) is 26.2 Å². The van der Waals surface area contributed by atoms with Crippen molar-refractivity contribution in [3.8, 4) is 0 Å². The maximum Gasteiger partial charge on any atom is 0.239 e. The molecule has 0 aromatic heterocycles. The average molecular weight is 340 g/mol. The Morgan fingerprint density at radius 2 is 2.00 bits per heavy atom. The smallest absolute Gasteiger partial charge is 0.239 e. The number of hydrogen-bond donors (Lipinski definition) is 2. The summed E-state index contributed by atoms with van der Waals surface area (Å²) in [6, 6.07) is 14.1. The van der Waals surface area contributed by atoms with Crippen molar-refractivity contribution in [2.45, 2.75) is 26.2 Å². The highest BCUT2D eigenvalue weighted by Crippen LogP contribution is 2.24. The van der Waals surface area contributed by atoms with Gasteiger partial charge in [-0.25, -0.2) is 0 Å². The number of methoxy groups -OCH3 is 1. The average Bonchev–Trinajstić information content (AvgIpc) is 2.66. The molecule has 1 aliphatic rings. The minimum atomic E-state index is -0.0402. The van der Waals surface area contributed by atoms with Gasteiger partial charge in [-0.15, -0.1) is 0 Å². The van der Waals surface area contributed by atoms with E-state index in [1.807, 2.05) is 36.4 Å². The van der Waals surface area contributed by atoms with Gasteiger partial charge in [0.1, 0.15) is 0 Å². The van der Waals surface area contributed by atoms with Crippen molar-refractivity contribution < 1.29 is 14.3 Å². The van der Waals surface area contributed by atoms with Crippen LogP contribution in [0, 0.1) is 0 Å². The molecule has 0 bridgehead atoms. The molecule has 132 valence electrons.